The lowest BCUT2D eigenvalue weighted by Gasteiger charge is -2.12. The molecule has 0 amide bonds. The molecule has 0 radical (unpaired) electrons. The van der Waals surface area contributed by atoms with Crippen molar-refractivity contribution < 1.29 is 22.7 Å². The molecule has 0 fully saturated rings. The molecule has 0 atom stereocenters. The van der Waals surface area contributed by atoms with Gasteiger partial charge in [-0.25, -0.2) is 4.79 Å². The molecule has 3 aromatic rings. The molecule has 0 saturated carbocycles. The quantitative estimate of drug-likeness (QED) is 0.349. The predicted octanol–water partition coefficient (Wildman–Crippen LogP) is 5.10. The van der Waals surface area contributed by atoms with Crippen LogP contribution < -0.4 is 0 Å². The molecular formula is C22H17F3N2O2. The van der Waals surface area contributed by atoms with E-state index in [0.29, 0.717) is 16.7 Å². The maximum absolute atomic E-state index is 13.1. The van der Waals surface area contributed by atoms with Crippen LogP contribution in [0.1, 0.15) is 22.3 Å². The molecule has 0 aliphatic carbocycles. The van der Waals surface area contributed by atoms with Gasteiger partial charge in [0.2, 0.25) is 0 Å². The summed E-state index contributed by atoms with van der Waals surface area (Å²) < 4.78 is 45.8. The highest BCUT2D eigenvalue weighted by Crippen LogP contribution is 2.31. The van der Waals surface area contributed by atoms with Gasteiger partial charge in [-0.2, -0.15) is 18.4 Å². The van der Waals surface area contributed by atoms with Crippen LogP contribution in [-0.2, 0) is 22.3 Å². The summed E-state index contributed by atoms with van der Waals surface area (Å²) >= 11 is 0. The normalized spacial score (nSPS) is 12.1. The molecule has 1 aromatic heterocycles. The average molecular weight is 398 g/mol. The van der Waals surface area contributed by atoms with E-state index in [1.807, 2.05) is 30.3 Å². The van der Waals surface area contributed by atoms with Crippen molar-refractivity contribution in [1.29, 1.82) is 5.26 Å². The second-order valence-corrected chi connectivity index (χ2v) is 6.60. The van der Waals surface area contributed by atoms with Crippen LogP contribution in [0.3, 0.4) is 0 Å². The number of carbonyl (C=O) groups excluding carboxylic acids is 1. The first-order valence-electron chi connectivity index (χ1n) is 8.68. The maximum Gasteiger partial charge on any atom is 0.416 e. The molecule has 29 heavy (non-hydrogen) atoms. The van der Waals surface area contributed by atoms with Gasteiger partial charge in [0.15, 0.2) is 0 Å². The van der Waals surface area contributed by atoms with Gasteiger partial charge in [0.05, 0.1) is 12.7 Å². The van der Waals surface area contributed by atoms with E-state index in [9.17, 15) is 23.2 Å². The van der Waals surface area contributed by atoms with Crippen molar-refractivity contribution in [2.45, 2.75) is 19.6 Å². The van der Waals surface area contributed by atoms with Crippen LogP contribution in [-0.4, -0.2) is 17.6 Å². The largest absolute Gasteiger partial charge is 0.465 e. The van der Waals surface area contributed by atoms with E-state index in [2.05, 4.69) is 4.74 Å². The van der Waals surface area contributed by atoms with Crippen LogP contribution in [0.15, 0.2) is 54.2 Å². The summed E-state index contributed by atoms with van der Waals surface area (Å²) in [6.45, 7) is 1.83. The Hall–Kier alpha value is -3.53. The topological polar surface area (TPSA) is 55.0 Å². The number of carbonyl (C=O) groups is 1. The number of aromatic nitrogens is 1. The third kappa shape index (κ3) is 4.32. The van der Waals surface area contributed by atoms with Crippen molar-refractivity contribution in [3.63, 3.8) is 0 Å². The van der Waals surface area contributed by atoms with Gasteiger partial charge in [0, 0.05) is 29.2 Å². The van der Waals surface area contributed by atoms with Gasteiger partial charge in [-0.3, -0.25) is 0 Å². The van der Waals surface area contributed by atoms with Gasteiger partial charge in [0.25, 0.3) is 0 Å². The molecule has 4 nitrogen and oxygen atoms in total. The monoisotopic (exact) mass is 398 g/mol. The van der Waals surface area contributed by atoms with Crippen molar-refractivity contribution in [1.82, 2.24) is 4.57 Å². The fourth-order valence-corrected chi connectivity index (χ4v) is 3.24. The van der Waals surface area contributed by atoms with Crippen molar-refractivity contribution in [2.75, 3.05) is 7.11 Å². The molecule has 0 aliphatic rings. The lowest BCUT2D eigenvalue weighted by molar-refractivity contribution is -0.138. The SMILES string of the molecule is COC(=O)/C(C#N)=C/c1cn(Cc2cc(C)cc(C(F)(F)F)c2)c2ccccc12. The second-order valence-electron chi connectivity index (χ2n) is 6.60. The van der Waals surface area contributed by atoms with Crippen LogP contribution in [0, 0.1) is 18.3 Å². The van der Waals surface area contributed by atoms with Crippen molar-refractivity contribution in [3.05, 3.63) is 76.5 Å². The summed E-state index contributed by atoms with van der Waals surface area (Å²) in [5, 5.41) is 9.98. The fourth-order valence-electron chi connectivity index (χ4n) is 3.24. The van der Waals surface area contributed by atoms with Crippen molar-refractivity contribution in [3.8, 4) is 6.07 Å². The number of halogens is 3. The van der Waals surface area contributed by atoms with Gasteiger partial charge in [-0.15, -0.1) is 0 Å². The number of nitrogens with zero attached hydrogens (tertiary/aromatic N) is 2. The molecule has 0 saturated heterocycles. The van der Waals surface area contributed by atoms with E-state index in [0.717, 1.165) is 23.0 Å². The number of aryl methyl sites for hydroxylation is 1. The molecule has 2 aromatic carbocycles. The lowest BCUT2D eigenvalue weighted by Crippen LogP contribution is -2.07. The van der Waals surface area contributed by atoms with Gasteiger partial charge in [-0.1, -0.05) is 29.8 Å². The molecule has 0 aliphatic heterocycles. The summed E-state index contributed by atoms with van der Waals surface area (Å²) in [5.41, 5.74) is 1.54. The number of methoxy groups -OCH3 is 1. The Balaban J connectivity index is 2.09. The number of esters is 1. The van der Waals surface area contributed by atoms with Crippen molar-refractivity contribution in [2.24, 2.45) is 0 Å². The molecule has 0 spiro atoms. The highest BCUT2D eigenvalue weighted by molar-refractivity contribution is 6.01. The van der Waals surface area contributed by atoms with Gasteiger partial charge in [0.1, 0.15) is 11.6 Å². The standard InChI is InChI=1S/C22H17F3N2O2/c1-14-7-15(9-18(8-14)22(23,24)25)12-27-13-17(10-16(11-26)21(28)29-2)19-5-3-4-6-20(19)27/h3-10,13H,12H2,1-2H3/b16-10+. The Kier molecular flexibility index (Phi) is 5.46. The lowest BCUT2D eigenvalue weighted by atomic mass is 10.1. The van der Waals surface area contributed by atoms with E-state index in [4.69, 9.17) is 0 Å². The van der Waals surface area contributed by atoms with Crippen molar-refractivity contribution >= 4 is 22.9 Å². The van der Waals surface area contributed by atoms with Gasteiger partial charge in [-0.05, 0) is 36.8 Å². The zero-order chi connectivity index (χ0) is 21.2. The van der Waals surface area contributed by atoms with Crippen LogP contribution in [0.5, 0.6) is 0 Å². The number of hydrogen-bond acceptors (Lipinski definition) is 3. The number of benzene rings is 2. The molecule has 148 valence electrons. The first-order valence-corrected chi connectivity index (χ1v) is 8.68. The minimum Gasteiger partial charge on any atom is -0.465 e. The number of fused-ring (bicyclic) bond motifs is 1. The third-order valence-corrected chi connectivity index (χ3v) is 4.46. The summed E-state index contributed by atoms with van der Waals surface area (Å²) in [6, 6.07) is 13.0. The highest BCUT2D eigenvalue weighted by atomic mass is 19.4. The van der Waals surface area contributed by atoms with E-state index in [1.165, 1.54) is 13.2 Å². The number of hydrogen-bond donors (Lipinski definition) is 0. The average Bonchev–Trinajstić information content (AvgIpc) is 3.02. The van der Waals surface area contributed by atoms with E-state index < -0.39 is 17.7 Å². The first kappa shape index (κ1) is 20.2. The minimum absolute atomic E-state index is 0.162. The number of nitriles is 1. The molecule has 3 rings (SSSR count). The third-order valence-electron chi connectivity index (χ3n) is 4.46. The zero-order valence-electron chi connectivity index (χ0n) is 15.7. The number of ether oxygens (including phenoxy) is 1. The van der Waals surface area contributed by atoms with E-state index >= 15 is 0 Å². The van der Waals surface area contributed by atoms with Gasteiger partial charge < -0.3 is 9.30 Å². The Morgan fingerprint density at radius 3 is 2.62 bits per heavy atom. The molecular weight excluding hydrogens is 381 g/mol. The Bertz CT molecular complexity index is 1150. The van der Waals surface area contributed by atoms with E-state index in [1.54, 1.807) is 23.8 Å². The summed E-state index contributed by atoms with van der Waals surface area (Å²) in [4.78, 5) is 11.7. The maximum atomic E-state index is 13.1. The number of alkyl halides is 3. The molecule has 7 heteroatoms. The Labute approximate surface area is 165 Å². The second kappa shape index (κ2) is 7.84. The van der Waals surface area contributed by atoms with Gasteiger partial charge >= 0.3 is 12.1 Å². The Morgan fingerprint density at radius 2 is 1.97 bits per heavy atom. The Morgan fingerprint density at radius 1 is 1.24 bits per heavy atom. The van der Waals surface area contributed by atoms with Crippen LogP contribution in [0.2, 0.25) is 0 Å². The summed E-state index contributed by atoms with van der Waals surface area (Å²) in [7, 11) is 1.19. The predicted molar refractivity (Wildman–Crippen MR) is 103 cm³/mol. The van der Waals surface area contributed by atoms with E-state index in [-0.39, 0.29) is 12.1 Å². The number of rotatable bonds is 4. The molecule has 0 N–H and O–H groups in total. The first-order chi connectivity index (χ1) is 13.7. The van der Waals surface area contributed by atoms with Crippen LogP contribution >= 0.6 is 0 Å². The minimum atomic E-state index is -4.42. The molecule has 0 unspecified atom stereocenters. The highest BCUT2D eigenvalue weighted by Gasteiger charge is 2.30. The zero-order valence-corrected chi connectivity index (χ0v) is 15.7. The molecule has 1 heterocycles. The summed E-state index contributed by atoms with van der Waals surface area (Å²) in [5.74, 6) is -0.752. The smallest absolute Gasteiger partial charge is 0.416 e. The summed E-state index contributed by atoms with van der Waals surface area (Å²) in [6.07, 6.45) is -1.29. The number of para-hydroxylation sites is 1. The molecule has 0 bridgehead atoms. The van der Waals surface area contributed by atoms with Crippen LogP contribution in [0.4, 0.5) is 13.2 Å². The fraction of sp³-hybridized carbons (Fsp3) is 0.182. The van der Waals surface area contributed by atoms with Crippen LogP contribution in [0.25, 0.3) is 17.0 Å².